The quantitative estimate of drug-likeness (QED) is 0.503. The van der Waals surface area contributed by atoms with Crippen molar-refractivity contribution in [2.24, 2.45) is 5.73 Å². The molecule has 3 N–H and O–H groups in total. The number of hydrogen-bond donors (Lipinski definition) is 2. The smallest absolute Gasteiger partial charge is 0.416 e. The number of benzene rings is 3. The summed E-state index contributed by atoms with van der Waals surface area (Å²) < 4.78 is 50.4. The molecule has 0 saturated carbocycles. The third-order valence-electron chi connectivity index (χ3n) is 4.32. The van der Waals surface area contributed by atoms with Crippen molar-refractivity contribution in [1.82, 2.24) is 0 Å². The summed E-state index contributed by atoms with van der Waals surface area (Å²) in [6.45, 7) is 0. The predicted molar refractivity (Wildman–Crippen MR) is 112 cm³/mol. The number of ether oxygens (including phenoxy) is 2. The largest absolute Gasteiger partial charge is 0.497 e. The van der Waals surface area contributed by atoms with Crippen LogP contribution < -0.4 is 20.5 Å². The number of alkyl halides is 3. The minimum Gasteiger partial charge on any atom is -0.497 e. The first-order valence-corrected chi connectivity index (χ1v) is 9.40. The van der Waals surface area contributed by atoms with Gasteiger partial charge in [0.25, 0.3) is 5.91 Å². The van der Waals surface area contributed by atoms with Gasteiger partial charge in [-0.2, -0.15) is 13.2 Å². The summed E-state index contributed by atoms with van der Waals surface area (Å²) in [6, 6.07) is 12.6. The lowest BCUT2D eigenvalue weighted by Gasteiger charge is -2.15. The average molecular weight is 465 g/mol. The molecule has 3 rings (SSSR count). The van der Waals surface area contributed by atoms with Crippen LogP contribution in [0.5, 0.6) is 17.2 Å². The lowest BCUT2D eigenvalue weighted by molar-refractivity contribution is -0.137. The number of halogens is 4. The lowest BCUT2D eigenvalue weighted by atomic mass is 10.1. The third-order valence-corrected chi connectivity index (χ3v) is 4.61. The molecule has 0 aliphatic heterocycles. The number of amides is 2. The minimum atomic E-state index is -4.68. The molecule has 32 heavy (non-hydrogen) atoms. The van der Waals surface area contributed by atoms with E-state index < -0.39 is 29.1 Å². The van der Waals surface area contributed by atoms with E-state index in [1.54, 1.807) is 6.07 Å². The second-order valence-corrected chi connectivity index (χ2v) is 6.91. The molecular formula is C22H16ClF3N2O4. The number of carbonyl (C=O) groups is 2. The summed E-state index contributed by atoms with van der Waals surface area (Å²) >= 11 is 6.14. The van der Waals surface area contributed by atoms with Gasteiger partial charge < -0.3 is 20.5 Å². The average Bonchev–Trinajstić information content (AvgIpc) is 2.74. The van der Waals surface area contributed by atoms with Crippen LogP contribution in [-0.4, -0.2) is 18.9 Å². The molecule has 0 unspecified atom stereocenters. The van der Waals surface area contributed by atoms with Gasteiger partial charge in [-0.05, 0) is 48.5 Å². The van der Waals surface area contributed by atoms with Crippen molar-refractivity contribution in [3.05, 3.63) is 82.4 Å². The first-order valence-electron chi connectivity index (χ1n) is 9.02. The van der Waals surface area contributed by atoms with Crippen molar-refractivity contribution in [3.8, 4) is 17.2 Å². The predicted octanol–water partition coefficient (Wildman–Crippen LogP) is 5.51. The van der Waals surface area contributed by atoms with Crippen molar-refractivity contribution in [2.45, 2.75) is 6.18 Å². The van der Waals surface area contributed by atoms with Gasteiger partial charge in [-0.1, -0.05) is 17.7 Å². The van der Waals surface area contributed by atoms with Crippen molar-refractivity contribution in [3.63, 3.8) is 0 Å². The molecule has 0 bridgehead atoms. The van der Waals surface area contributed by atoms with E-state index >= 15 is 0 Å². The molecule has 0 saturated heterocycles. The highest BCUT2D eigenvalue weighted by atomic mass is 35.5. The summed E-state index contributed by atoms with van der Waals surface area (Å²) in [5.74, 6) is -1.22. The highest BCUT2D eigenvalue weighted by Gasteiger charge is 2.32. The monoisotopic (exact) mass is 464 g/mol. The molecule has 0 radical (unpaired) electrons. The standard InChI is InChI=1S/C22H16ClF3N2O4/c1-31-15-6-8-19(17(23)11-15)32-18-7-5-13(22(24,25)26)10-16(18)21(30)28-14-4-2-3-12(9-14)20(27)29/h2-11H,1H3,(H2,27,29)(H,28,30). The van der Waals surface area contributed by atoms with Crippen LogP contribution in [0.4, 0.5) is 18.9 Å². The van der Waals surface area contributed by atoms with Crippen molar-refractivity contribution in [2.75, 3.05) is 12.4 Å². The Kier molecular flexibility index (Phi) is 6.59. The van der Waals surface area contributed by atoms with E-state index in [1.165, 1.54) is 43.5 Å². The number of rotatable bonds is 6. The molecule has 0 spiro atoms. The molecule has 0 atom stereocenters. The maximum atomic E-state index is 13.2. The van der Waals surface area contributed by atoms with Gasteiger partial charge in [0.2, 0.25) is 5.91 Å². The SMILES string of the molecule is COc1ccc(Oc2ccc(C(F)(F)F)cc2C(=O)Nc2cccc(C(N)=O)c2)c(Cl)c1. The Bertz CT molecular complexity index is 1180. The molecule has 0 fully saturated rings. The van der Waals surface area contributed by atoms with E-state index in [2.05, 4.69) is 5.32 Å². The van der Waals surface area contributed by atoms with Gasteiger partial charge in [0.05, 0.1) is 23.3 Å². The number of hydrogen-bond acceptors (Lipinski definition) is 4. The minimum absolute atomic E-state index is 0.108. The summed E-state index contributed by atoms with van der Waals surface area (Å²) in [7, 11) is 1.44. The fourth-order valence-electron chi connectivity index (χ4n) is 2.73. The van der Waals surface area contributed by atoms with Crippen molar-refractivity contribution >= 4 is 29.1 Å². The van der Waals surface area contributed by atoms with Crippen LogP contribution in [-0.2, 0) is 6.18 Å². The van der Waals surface area contributed by atoms with Gasteiger partial charge in [-0.15, -0.1) is 0 Å². The van der Waals surface area contributed by atoms with Gasteiger partial charge in [0, 0.05) is 17.3 Å². The number of nitrogens with two attached hydrogens (primary N) is 1. The zero-order chi connectivity index (χ0) is 23.5. The van der Waals surface area contributed by atoms with Gasteiger partial charge in [0.15, 0.2) is 0 Å². The molecule has 3 aromatic carbocycles. The van der Waals surface area contributed by atoms with Gasteiger partial charge >= 0.3 is 6.18 Å². The number of anilines is 1. The Labute approximate surface area is 185 Å². The molecule has 0 aliphatic carbocycles. The Morgan fingerprint density at radius 3 is 2.34 bits per heavy atom. The van der Waals surface area contributed by atoms with E-state index in [-0.39, 0.29) is 27.8 Å². The van der Waals surface area contributed by atoms with E-state index in [4.69, 9.17) is 26.8 Å². The molecule has 10 heteroatoms. The van der Waals surface area contributed by atoms with Gasteiger partial charge in [-0.25, -0.2) is 0 Å². The maximum Gasteiger partial charge on any atom is 0.416 e. The zero-order valence-corrected chi connectivity index (χ0v) is 17.3. The third kappa shape index (κ3) is 5.30. The first-order chi connectivity index (χ1) is 15.1. The molecular weight excluding hydrogens is 449 g/mol. The molecule has 0 aliphatic rings. The van der Waals surface area contributed by atoms with Crippen LogP contribution in [0.1, 0.15) is 26.3 Å². The van der Waals surface area contributed by atoms with Crippen LogP contribution in [0, 0.1) is 0 Å². The van der Waals surface area contributed by atoms with E-state index in [0.717, 1.165) is 12.1 Å². The van der Waals surface area contributed by atoms with Crippen molar-refractivity contribution < 1.29 is 32.2 Å². The number of methoxy groups -OCH3 is 1. The summed E-state index contributed by atoms with van der Waals surface area (Å²) in [5.41, 5.74) is 4.07. The van der Waals surface area contributed by atoms with Crippen LogP contribution >= 0.6 is 11.6 Å². The highest BCUT2D eigenvalue weighted by molar-refractivity contribution is 6.32. The number of carbonyl (C=O) groups excluding carboxylic acids is 2. The summed E-state index contributed by atoms with van der Waals surface area (Å²) in [4.78, 5) is 24.2. The topological polar surface area (TPSA) is 90.7 Å². The van der Waals surface area contributed by atoms with Gasteiger partial charge in [0.1, 0.15) is 17.2 Å². The Morgan fingerprint density at radius 2 is 1.72 bits per heavy atom. The Hall–Kier alpha value is -3.72. The zero-order valence-electron chi connectivity index (χ0n) is 16.5. The van der Waals surface area contributed by atoms with Crippen LogP contribution in [0.15, 0.2) is 60.7 Å². The second kappa shape index (κ2) is 9.19. The fraction of sp³-hybridized carbons (Fsp3) is 0.0909. The first kappa shape index (κ1) is 23.0. The van der Waals surface area contributed by atoms with E-state index in [1.807, 2.05) is 0 Å². The Balaban J connectivity index is 1.99. The van der Waals surface area contributed by atoms with E-state index in [0.29, 0.717) is 11.8 Å². The van der Waals surface area contributed by atoms with Crippen LogP contribution in [0.2, 0.25) is 5.02 Å². The van der Waals surface area contributed by atoms with Crippen molar-refractivity contribution in [1.29, 1.82) is 0 Å². The number of nitrogens with one attached hydrogen (secondary N) is 1. The molecule has 0 heterocycles. The molecule has 6 nitrogen and oxygen atoms in total. The lowest BCUT2D eigenvalue weighted by Crippen LogP contribution is -2.16. The molecule has 2 amide bonds. The molecule has 0 aromatic heterocycles. The fourth-order valence-corrected chi connectivity index (χ4v) is 2.94. The molecule has 166 valence electrons. The van der Waals surface area contributed by atoms with Crippen LogP contribution in [0.3, 0.4) is 0 Å². The van der Waals surface area contributed by atoms with E-state index in [9.17, 15) is 22.8 Å². The van der Waals surface area contributed by atoms with Crippen LogP contribution in [0.25, 0.3) is 0 Å². The normalized spacial score (nSPS) is 11.0. The summed E-state index contributed by atoms with van der Waals surface area (Å²) in [5, 5.41) is 2.57. The maximum absolute atomic E-state index is 13.2. The Morgan fingerprint density at radius 1 is 1.00 bits per heavy atom. The highest BCUT2D eigenvalue weighted by Crippen LogP contribution is 2.37. The molecule has 3 aromatic rings. The second-order valence-electron chi connectivity index (χ2n) is 6.51. The number of primary amides is 1. The summed E-state index contributed by atoms with van der Waals surface area (Å²) in [6.07, 6.45) is -4.68. The van der Waals surface area contributed by atoms with Gasteiger partial charge in [-0.3, -0.25) is 9.59 Å².